The molecule has 0 bridgehead atoms. The highest BCUT2D eigenvalue weighted by molar-refractivity contribution is 7.13. The number of anilines is 1. The van der Waals surface area contributed by atoms with Gasteiger partial charge in [-0.2, -0.15) is 0 Å². The fourth-order valence-electron chi connectivity index (χ4n) is 2.75. The second-order valence-corrected chi connectivity index (χ2v) is 7.94. The number of nitrogens with zero attached hydrogens (tertiary/aromatic N) is 2. The molecule has 0 aliphatic carbocycles. The molecule has 0 saturated heterocycles. The van der Waals surface area contributed by atoms with Crippen LogP contribution in [0.15, 0.2) is 64.7 Å². The van der Waals surface area contributed by atoms with Gasteiger partial charge in [-0.25, -0.2) is 9.97 Å². The number of aromatic nitrogens is 2. The molecule has 0 aliphatic rings. The molecular formula is C21H15Cl2N3O2S. The SMILES string of the molecule is O=C(CCc1ncc(-c2ccc(Cl)cc2Cl)o1)Nc1ccc(-c2nccs2)cc1. The van der Waals surface area contributed by atoms with Gasteiger partial charge in [-0.15, -0.1) is 11.3 Å². The molecule has 2 aromatic carbocycles. The van der Waals surface area contributed by atoms with Gasteiger partial charge >= 0.3 is 0 Å². The first kappa shape index (κ1) is 19.6. The lowest BCUT2D eigenvalue weighted by Crippen LogP contribution is -2.12. The van der Waals surface area contributed by atoms with Gasteiger partial charge in [-0.05, 0) is 42.5 Å². The molecule has 146 valence electrons. The van der Waals surface area contributed by atoms with Crippen molar-refractivity contribution in [2.24, 2.45) is 0 Å². The minimum atomic E-state index is -0.115. The molecule has 2 heterocycles. The predicted molar refractivity (Wildman–Crippen MR) is 116 cm³/mol. The number of nitrogens with one attached hydrogen (secondary N) is 1. The highest BCUT2D eigenvalue weighted by atomic mass is 35.5. The van der Waals surface area contributed by atoms with Crippen molar-refractivity contribution in [1.82, 2.24) is 9.97 Å². The van der Waals surface area contributed by atoms with Crippen LogP contribution in [0.3, 0.4) is 0 Å². The zero-order chi connectivity index (χ0) is 20.2. The van der Waals surface area contributed by atoms with Crippen LogP contribution < -0.4 is 5.32 Å². The number of rotatable bonds is 6. The van der Waals surface area contributed by atoms with Crippen molar-refractivity contribution < 1.29 is 9.21 Å². The number of benzene rings is 2. The molecule has 0 radical (unpaired) electrons. The number of hydrogen-bond donors (Lipinski definition) is 1. The summed E-state index contributed by atoms with van der Waals surface area (Å²) in [5.41, 5.74) is 2.46. The van der Waals surface area contributed by atoms with Gasteiger partial charge in [0.15, 0.2) is 11.7 Å². The maximum atomic E-state index is 12.2. The van der Waals surface area contributed by atoms with Crippen LogP contribution in [0.4, 0.5) is 5.69 Å². The second-order valence-electron chi connectivity index (χ2n) is 6.21. The molecule has 0 aliphatic heterocycles. The third kappa shape index (κ3) is 4.85. The van der Waals surface area contributed by atoms with Crippen LogP contribution in [-0.2, 0) is 11.2 Å². The Morgan fingerprint density at radius 3 is 2.66 bits per heavy atom. The van der Waals surface area contributed by atoms with Gasteiger partial charge in [-0.1, -0.05) is 23.2 Å². The van der Waals surface area contributed by atoms with Gasteiger partial charge < -0.3 is 9.73 Å². The molecule has 4 aromatic rings. The zero-order valence-corrected chi connectivity index (χ0v) is 17.4. The maximum absolute atomic E-state index is 12.2. The summed E-state index contributed by atoms with van der Waals surface area (Å²) in [6.07, 6.45) is 4.00. The number of aryl methyl sites for hydroxylation is 1. The number of carbonyl (C=O) groups excluding carboxylic acids is 1. The van der Waals surface area contributed by atoms with Gasteiger partial charge in [0.1, 0.15) is 5.01 Å². The van der Waals surface area contributed by atoms with Crippen LogP contribution in [0.1, 0.15) is 12.3 Å². The van der Waals surface area contributed by atoms with Crippen LogP contribution >= 0.6 is 34.5 Å². The lowest BCUT2D eigenvalue weighted by molar-refractivity contribution is -0.116. The lowest BCUT2D eigenvalue weighted by Gasteiger charge is -2.05. The summed E-state index contributed by atoms with van der Waals surface area (Å²) >= 11 is 13.7. The Kier molecular flexibility index (Phi) is 5.94. The third-order valence-electron chi connectivity index (χ3n) is 4.16. The number of oxazole rings is 1. The normalized spacial score (nSPS) is 10.8. The summed E-state index contributed by atoms with van der Waals surface area (Å²) in [6.45, 7) is 0. The second kappa shape index (κ2) is 8.78. The number of amides is 1. The average Bonchev–Trinajstić information content (AvgIpc) is 3.39. The summed E-state index contributed by atoms with van der Waals surface area (Å²) in [4.78, 5) is 20.7. The maximum Gasteiger partial charge on any atom is 0.224 e. The smallest absolute Gasteiger partial charge is 0.224 e. The minimum Gasteiger partial charge on any atom is -0.441 e. The van der Waals surface area contributed by atoms with E-state index in [1.807, 2.05) is 29.6 Å². The van der Waals surface area contributed by atoms with E-state index >= 15 is 0 Å². The van der Waals surface area contributed by atoms with Crippen LogP contribution in [-0.4, -0.2) is 15.9 Å². The Balaban J connectivity index is 1.33. The fraction of sp³-hybridized carbons (Fsp3) is 0.0952. The Labute approximate surface area is 181 Å². The first-order chi connectivity index (χ1) is 14.1. The first-order valence-electron chi connectivity index (χ1n) is 8.78. The summed E-state index contributed by atoms with van der Waals surface area (Å²) in [7, 11) is 0. The Hall–Kier alpha value is -2.67. The van der Waals surface area contributed by atoms with E-state index in [-0.39, 0.29) is 12.3 Å². The number of thiazole rings is 1. The lowest BCUT2D eigenvalue weighted by atomic mass is 10.2. The third-order valence-corrected chi connectivity index (χ3v) is 5.53. The summed E-state index contributed by atoms with van der Waals surface area (Å²) in [5, 5.41) is 6.79. The molecule has 8 heteroatoms. The molecular weight excluding hydrogens is 429 g/mol. The highest BCUT2D eigenvalue weighted by Gasteiger charge is 2.12. The molecule has 2 aromatic heterocycles. The highest BCUT2D eigenvalue weighted by Crippen LogP contribution is 2.31. The molecule has 1 N–H and O–H groups in total. The van der Waals surface area contributed by atoms with Crippen molar-refractivity contribution in [3.8, 4) is 21.9 Å². The van der Waals surface area contributed by atoms with Gasteiger partial charge in [-0.3, -0.25) is 4.79 Å². The van der Waals surface area contributed by atoms with Gasteiger partial charge in [0.2, 0.25) is 5.91 Å². The van der Waals surface area contributed by atoms with Crippen molar-refractivity contribution in [2.75, 3.05) is 5.32 Å². The van der Waals surface area contributed by atoms with Crippen molar-refractivity contribution in [1.29, 1.82) is 0 Å². The van der Waals surface area contributed by atoms with E-state index in [4.69, 9.17) is 27.6 Å². The molecule has 4 rings (SSSR count). The largest absolute Gasteiger partial charge is 0.441 e. The Morgan fingerprint density at radius 1 is 1.10 bits per heavy atom. The quantitative estimate of drug-likeness (QED) is 0.377. The van der Waals surface area contributed by atoms with Crippen LogP contribution in [0, 0.1) is 0 Å². The Bertz CT molecular complexity index is 1130. The topological polar surface area (TPSA) is 68.0 Å². The fourth-order valence-corrected chi connectivity index (χ4v) is 3.89. The summed E-state index contributed by atoms with van der Waals surface area (Å²) < 4.78 is 5.72. The van der Waals surface area contributed by atoms with E-state index in [0.29, 0.717) is 33.7 Å². The van der Waals surface area contributed by atoms with Gasteiger partial charge in [0, 0.05) is 46.3 Å². The minimum absolute atomic E-state index is 0.115. The van der Waals surface area contributed by atoms with E-state index in [1.54, 1.807) is 41.9 Å². The summed E-state index contributed by atoms with van der Waals surface area (Å²) in [6, 6.07) is 12.7. The van der Waals surface area contributed by atoms with Crippen LogP contribution in [0.5, 0.6) is 0 Å². The standard InChI is InChI=1S/C21H15Cl2N3O2S/c22-14-3-6-16(17(23)11-14)18-12-25-20(28-18)8-7-19(27)26-15-4-1-13(2-5-15)21-24-9-10-29-21/h1-6,9-12H,7-8H2,(H,26,27). The molecule has 5 nitrogen and oxygen atoms in total. The first-order valence-corrected chi connectivity index (χ1v) is 10.4. The molecule has 0 atom stereocenters. The van der Waals surface area contributed by atoms with Gasteiger partial charge in [0.25, 0.3) is 0 Å². The number of halogens is 2. The summed E-state index contributed by atoms with van der Waals surface area (Å²) in [5.74, 6) is 0.899. The Morgan fingerprint density at radius 2 is 1.93 bits per heavy atom. The van der Waals surface area contributed by atoms with Crippen LogP contribution in [0.2, 0.25) is 10.0 Å². The average molecular weight is 444 g/mol. The molecule has 0 fully saturated rings. The van der Waals surface area contributed by atoms with E-state index < -0.39 is 0 Å². The predicted octanol–water partition coefficient (Wildman–Crippen LogP) is 6.34. The molecule has 0 spiro atoms. The van der Waals surface area contributed by atoms with Gasteiger partial charge in [0.05, 0.1) is 11.2 Å². The van der Waals surface area contributed by atoms with E-state index in [9.17, 15) is 4.79 Å². The number of hydrogen-bond acceptors (Lipinski definition) is 5. The zero-order valence-electron chi connectivity index (χ0n) is 15.1. The van der Waals surface area contributed by atoms with Crippen LogP contribution in [0.25, 0.3) is 21.9 Å². The molecule has 1 amide bonds. The van der Waals surface area contributed by atoms with Crippen molar-refractivity contribution in [3.05, 3.63) is 76.2 Å². The number of carbonyl (C=O) groups is 1. The van der Waals surface area contributed by atoms with Crippen molar-refractivity contribution in [2.45, 2.75) is 12.8 Å². The van der Waals surface area contributed by atoms with E-state index in [2.05, 4.69) is 15.3 Å². The van der Waals surface area contributed by atoms with Crippen molar-refractivity contribution >= 4 is 46.1 Å². The molecule has 0 unspecified atom stereocenters. The monoisotopic (exact) mass is 443 g/mol. The van der Waals surface area contributed by atoms with Crippen molar-refractivity contribution in [3.63, 3.8) is 0 Å². The molecule has 0 saturated carbocycles. The molecule has 29 heavy (non-hydrogen) atoms. The van der Waals surface area contributed by atoms with E-state index in [1.165, 1.54) is 0 Å². The van der Waals surface area contributed by atoms with E-state index in [0.717, 1.165) is 16.3 Å².